The van der Waals surface area contributed by atoms with Crippen LogP contribution in [0.1, 0.15) is 24.8 Å². The summed E-state index contributed by atoms with van der Waals surface area (Å²) < 4.78 is 22.6. The summed E-state index contributed by atoms with van der Waals surface area (Å²) in [6, 6.07) is 7.20. The maximum atomic E-state index is 11.7. The first kappa shape index (κ1) is 17.7. The third-order valence-electron chi connectivity index (χ3n) is 3.70. The number of amides is 2. The fourth-order valence-corrected chi connectivity index (χ4v) is 4.44. The number of sulfone groups is 1. The van der Waals surface area contributed by atoms with E-state index in [1.54, 1.807) is 12.1 Å². The van der Waals surface area contributed by atoms with E-state index >= 15 is 0 Å². The molecule has 126 valence electrons. The second-order valence-corrected chi connectivity index (χ2v) is 8.36. The van der Waals surface area contributed by atoms with E-state index < -0.39 is 9.84 Å². The minimum atomic E-state index is -2.99. The molecule has 0 aliphatic carbocycles. The Morgan fingerprint density at radius 1 is 1.13 bits per heavy atom. The molecule has 1 aromatic carbocycles. The third-order valence-corrected chi connectivity index (χ3v) is 5.79. The van der Waals surface area contributed by atoms with Gasteiger partial charge in [0.25, 0.3) is 0 Å². The molecular formula is C15H19ClN2O4S. The van der Waals surface area contributed by atoms with Crippen LogP contribution in [0.4, 0.5) is 0 Å². The van der Waals surface area contributed by atoms with Crippen molar-refractivity contribution in [2.75, 3.05) is 11.5 Å². The van der Waals surface area contributed by atoms with Crippen molar-refractivity contribution in [1.82, 2.24) is 10.9 Å². The molecule has 6 nitrogen and oxygen atoms in total. The summed E-state index contributed by atoms with van der Waals surface area (Å²) in [5.41, 5.74) is 5.65. The number of benzene rings is 1. The van der Waals surface area contributed by atoms with Gasteiger partial charge in [-0.1, -0.05) is 23.7 Å². The van der Waals surface area contributed by atoms with Crippen molar-refractivity contribution in [3.8, 4) is 0 Å². The highest BCUT2D eigenvalue weighted by Crippen LogP contribution is 2.21. The van der Waals surface area contributed by atoms with Crippen LogP contribution >= 0.6 is 11.6 Å². The van der Waals surface area contributed by atoms with Crippen LogP contribution in [-0.2, 0) is 25.8 Å². The quantitative estimate of drug-likeness (QED) is 0.775. The van der Waals surface area contributed by atoms with Crippen molar-refractivity contribution < 1.29 is 18.0 Å². The molecule has 1 aliphatic rings. The number of hydrogen-bond donors (Lipinski definition) is 2. The normalized spacial score (nSPS) is 19.3. The van der Waals surface area contributed by atoms with Crippen LogP contribution in [0.25, 0.3) is 0 Å². The van der Waals surface area contributed by atoms with E-state index in [9.17, 15) is 18.0 Å². The minimum absolute atomic E-state index is 0.0466. The zero-order chi connectivity index (χ0) is 16.9. The molecule has 0 radical (unpaired) electrons. The Morgan fingerprint density at radius 3 is 2.39 bits per heavy atom. The van der Waals surface area contributed by atoms with Crippen molar-refractivity contribution in [3.05, 3.63) is 34.9 Å². The Balaban J connectivity index is 1.66. The van der Waals surface area contributed by atoms with Gasteiger partial charge in [0, 0.05) is 17.9 Å². The molecular weight excluding hydrogens is 340 g/mol. The van der Waals surface area contributed by atoms with Gasteiger partial charge >= 0.3 is 0 Å². The lowest BCUT2D eigenvalue weighted by Crippen LogP contribution is -2.42. The van der Waals surface area contributed by atoms with Crippen molar-refractivity contribution in [2.24, 2.45) is 5.92 Å². The van der Waals surface area contributed by atoms with Gasteiger partial charge in [-0.05, 0) is 36.5 Å². The number of halogens is 1. The highest BCUT2D eigenvalue weighted by atomic mass is 35.5. The molecule has 0 bridgehead atoms. The number of hydrogen-bond acceptors (Lipinski definition) is 4. The summed E-state index contributed by atoms with van der Waals surface area (Å²) >= 11 is 5.78. The van der Waals surface area contributed by atoms with Crippen LogP contribution in [0.15, 0.2) is 24.3 Å². The van der Waals surface area contributed by atoms with Crippen molar-refractivity contribution in [3.63, 3.8) is 0 Å². The summed E-state index contributed by atoms with van der Waals surface area (Å²) in [5.74, 6) is -0.645. The molecule has 0 aromatic heterocycles. The SMILES string of the molecule is O=C(CCc1ccc(Cl)cc1)NNC(=O)CC1CCS(=O)(=O)C1. The standard InChI is InChI=1S/C15H19ClN2O4S/c16-13-4-1-11(2-5-13)3-6-14(19)17-18-15(20)9-12-7-8-23(21,22)10-12/h1-2,4-5,12H,3,6-10H2,(H,17,19)(H,18,20). The van der Waals surface area contributed by atoms with Gasteiger partial charge in [-0.2, -0.15) is 0 Å². The fraction of sp³-hybridized carbons (Fsp3) is 0.467. The van der Waals surface area contributed by atoms with Crippen LogP contribution in [0.2, 0.25) is 5.02 Å². The molecule has 1 heterocycles. The first-order valence-electron chi connectivity index (χ1n) is 7.36. The molecule has 1 aliphatic heterocycles. The average Bonchev–Trinajstić information content (AvgIpc) is 2.83. The zero-order valence-corrected chi connectivity index (χ0v) is 14.1. The number of nitrogens with one attached hydrogen (secondary N) is 2. The smallest absolute Gasteiger partial charge is 0.238 e. The van der Waals surface area contributed by atoms with E-state index in [0.29, 0.717) is 17.9 Å². The van der Waals surface area contributed by atoms with Crippen LogP contribution < -0.4 is 10.9 Å². The molecule has 2 amide bonds. The Kier molecular flexibility index (Phi) is 6.01. The maximum absolute atomic E-state index is 11.7. The maximum Gasteiger partial charge on any atom is 0.238 e. The number of carbonyl (C=O) groups excluding carboxylic acids is 2. The summed E-state index contributed by atoms with van der Waals surface area (Å²) in [7, 11) is -2.99. The van der Waals surface area contributed by atoms with E-state index in [0.717, 1.165) is 5.56 Å². The number of rotatable bonds is 5. The van der Waals surface area contributed by atoms with Gasteiger partial charge < -0.3 is 0 Å². The summed E-state index contributed by atoms with van der Waals surface area (Å²) in [6.45, 7) is 0. The van der Waals surface area contributed by atoms with Crippen LogP contribution in [0.5, 0.6) is 0 Å². The minimum Gasteiger partial charge on any atom is -0.273 e. The molecule has 8 heteroatoms. The largest absolute Gasteiger partial charge is 0.273 e. The Hall–Kier alpha value is -1.60. The fourth-order valence-electron chi connectivity index (χ4n) is 2.46. The monoisotopic (exact) mass is 358 g/mol. The molecule has 2 rings (SSSR count). The van der Waals surface area contributed by atoms with Gasteiger partial charge in [0.2, 0.25) is 11.8 Å². The van der Waals surface area contributed by atoms with Crippen molar-refractivity contribution in [1.29, 1.82) is 0 Å². The lowest BCUT2D eigenvalue weighted by molar-refractivity contribution is -0.129. The number of aryl methyl sites for hydroxylation is 1. The number of carbonyl (C=O) groups is 2. The van der Waals surface area contributed by atoms with E-state index in [-0.39, 0.29) is 42.1 Å². The molecule has 1 atom stereocenters. The van der Waals surface area contributed by atoms with Gasteiger partial charge in [0.1, 0.15) is 0 Å². The Morgan fingerprint density at radius 2 is 1.78 bits per heavy atom. The lowest BCUT2D eigenvalue weighted by atomic mass is 10.1. The molecule has 0 spiro atoms. The highest BCUT2D eigenvalue weighted by Gasteiger charge is 2.29. The highest BCUT2D eigenvalue weighted by molar-refractivity contribution is 7.91. The summed E-state index contributed by atoms with van der Waals surface area (Å²) in [4.78, 5) is 23.4. The van der Waals surface area contributed by atoms with E-state index in [4.69, 9.17) is 11.6 Å². The van der Waals surface area contributed by atoms with Gasteiger partial charge in [-0.25, -0.2) is 8.42 Å². The van der Waals surface area contributed by atoms with Gasteiger partial charge in [-0.15, -0.1) is 0 Å². The molecule has 23 heavy (non-hydrogen) atoms. The second kappa shape index (κ2) is 7.79. The van der Waals surface area contributed by atoms with E-state index in [1.165, 1.54) is 0 Å². The zero-order valence-electron chi connectivity index (χ0n) is 12.5. The molecule has 1 aromatic rings. The predicted octanol–water partition coefficient (Wildman–Crippen LogP) is 1.24. The average molecular weight is 359 g/mol. The van der Waals surface area contributed by atoms with Crippen LogP contribution in [0, 0.1) is 5.92 Å². The van der Waals surface area contributed by atoms with Crippen molar-refractivity contribution in [2.45, 2.75) is 25.7 Å². The molecule has 1 fully saturated rings. The molecule has 0 saturated carbocycles. The van der Waals surface area contributed by atoms with E-state index in [1.807, 2.05) is 12.1 Å². The van der Waals surface area contributed by atoms with Crippen molar-refractivity contribution >= 4 is 33.3 Å². The molecule has 1 unspecified atom stereocenters. The predicted molar refractivity (Wildman–Crippen MR) is 87.4 cm³/mol. The second-order valence-electron chi connectivity index (χ2n) is 5.70. The van der Waals surface area contributed by atoms with Gasteiger partial charge in [-0.3, -0.25) is 20.4 Å². The third kappa shape index (κ3) is 6.19. The molecule has 1 saturated heterocycles. The Labute approximate surface area is 140 Å². The Bertz CT molecular complexity index is 673. The van der Waals surface area contributed by atoms with Crippen LogP contribution in [-0.4, -0.2) is 31.7 Å². The lowest BCUT2D eigenvalue weighted by Gasteiger charge is -2.10. The van der Waals surface area contributed by atoms with Gasteiger partial charge in [0.15, 0.2) is 9.84 Å². The van der Waals surface area contributed by atoms with Gasteiger partial charge in [0.05, 0.1) is 11.5 Å². The summed E-state index contributed by atoms with van der Waals surface area (Å²) in [5, 5.41) is 0.638. The first-order valence-corrected chi connectivity index (χ1v) is 9.56. The number of hydrazine groups is 1. The summed E-state index contributed by atoms with van der Waals surface area (Å²) in [6.07, 6.45) is 1.39. The van der Waals surface area contributed by atoms with Crippen LogP contribution in [0.3, 0.4) is 0 Å². The topological polar surface area (TPSA) is 92.3 Å². The van der Waals surface area contributed by atoms with E-state index in [2.05, 4.69) is 10.9 Å². The molecule has 2 N–H and O–H groups in total. The first-order chi connectivity index (χ1) is 10.8.